The van der Waals surface area contributed by atoms with Crippen molar-refractivity contribution in [2.75, 3.05) is 48.5 Å². The summed E-state index contributed by atoms with van der Waals surface area (Å²) in [4.78, 5) is 29.6. The molecule has 1 amide bonds. The van der Waals surface area contributed by atoms with E-state index in [0.29, 0.717) is 35.9 Å². The van der Waals surface area contributed by atoms with Gasteiger partial charge < -0.3 is 29.1 Å². The first-order valence-corrected chi connectivity index (χ1v) is 10.1. The number of rotatable bonds is 8. The maximum Gasteiger partial charge on any atom is 0.295 e. The van der Waals surface area contributed by atoms with Crippen LogP contribution >= 0.6 is 0 Å². The van der Waals surface area contributed by atoms with E-state index in [9.17, 15) is 14.7 Å². The molecule has 0 spiro atoms. The fourth-order valence-corrected chi connectivity index (χ4v) is 3.72. The minimum Gasteiger partial charge on any atom is -0.507 e. The van der Waals surface area contributed by atoms with Crippen molar-refractivity contribution in [1.82, 2.24) is 9.80 Å². The van der Waals surface area contributed by atoms with Crippen LogP contribution in [-0.2, 0) is 9.59 Å². The van der Waals surface area contributed by atoms with Crippen molar-refractivity contribution < 1.29 is 28.9 Å². The summed E-state index contributed by atoms with van der Waals surface area (Å²) in [6, 6.07) is 11.2. The SMILES string of the molecule is COc1cccc(C2/C(=C(\O)c3cc(OC)ccc3OC)C(=O)C(=O)N2CCN(C)C)c1. The minimum atomic E-state index is -0.777. The van der Waals surface area contributed by atoms with Crippen LogP contribution in [0.4, 0.5) is 0 Å². The van der Waals surface area contributed by atoms with Gasteiger partial charge in [-0.05, 0) is 50.0 Å². The Labute approximate surface area is 187 Å². The molecule has 0 saturated carbocycles. The maximum absolute atomic E-state index is 13.1. The number of ether oxygens (including phenoxy) is 3. The number of hydrogen-bond donors (Lipinski definition) is 1. The predicted octanol–water partition coefficient (Wildman–Crippen LogP) is 2.70. The van der Waals surface area contributed by atoms with E-state index in [1.54, 1.807) is 49.6 Å². The zero-order valence-electron chi connectivity index (χ0n) is 18.9. The molecule has 1 unspecified atom stereocenters. The topological polar surface area (TPSA) is 88.5 Å². The molecule has 1 fully saturated rings. The number of nitrogens with zero attached hydrogens (tertiary/aromatic N) is 2. The van der Waals surface area contributed by atoms with Crippen molar-refractivity contribution in [1.29, 1.82) is 0 Å². The summed E-state index contributed by atoms with van der Waals surface area (Å²) in [5, 5.41) is 11.3. The number of aliphatic hydroxyl groups excluding tert-OH is 1. The second kappa shape index (κ2) is 9.74. The van der Waals surface area contributed by atoms with Crippen LogP contribution in [0.15, 0.2) is 48.0 Å². The van der Waals surface area contributed by atoms with E-state index in [1.165, 1.54) is 19.1 Å². The standard InChI is InChI=1S/C24H28N2O6/c1-25(2)11-12-26-21(15-7-6-8-16(13-15)30-3)20(23(28)24(26)29)22(27)18-14-17(31-4)9-10-19(18)32-5/h6-10,13-14,21,27H,11-12H2,1-5H3/b22-20+. The number of ketones is 1. The third-order valence-corrected chi connectivity index (χ3v) is 5.40. The van der Waals surface area contributed by atoms with Crippen LogP contribution in [0, 0.1) is 0 Å². The maximum atomic E-state index is 13.1. The summed E-state index contributed by atoms with van der Waals surface area (Å²) in [7, 11) is 8.29. The summed E-state index contributed by atoms with van der Waals surface area (Å²) >= 11 is 0. The Bertz CT molecular complexity index is 1050. The zero-order chi connectivity index (χ0) is 23.4. The van der Waals surface area contributed by atoms with Gasteiger partial charge in [-0.2, -0.15) is 0 Å². The van der Waals surface area contributed by atoms with Gasteiger partial charge in [0.2, 0.25) is 0 Å². The first-order valence-electron chi connectivity index (χ1n) is 10.1. The van der Waals surface area contributed by atoms with Crippen LogP contribution in [-0.4, -0.2) is 75.1 Å². The number of likely N-dealkylation sites (N-methyl/N-ethyl adjacent to an activating group) is 1. The fraction of sp³-hybridized carbons (Fsp3) is 0.333. The van der Waals surface area contributed by atoms with Crippen LogP contribution < -0.4 is 14.2 Å². The van der Waals surface area contributed by atoms with Gasteiger partial charge in [0.1, 0.15) is 23.0 Å². The molecule has 1 saturated heterocycles. The molecule has 1 N–H and O–H groups in total. The van der Waals surface area contributed by atoms with Crippen LogP contribution in [0.2, 0.25) is 0 Å². The molecule has 2 aromatic rings. The van der Waals surface area contributed by atoms with E-state index in [4.69, 9.17) is 14.2 Å². The van der Waals surface area contributed by atoms with E-state index in [0.717, 1.165) is 0 Å². The van der Waals surface area contributed by atoms with E-state index >= 15 is 0 Å². The first kappa shape index (κ1) is 23.1. The number of carbonyl (C=O) groups is 2. The lowest BCUT2D eigenvalue weighted by molar-refractivity contribution is -0.140. The Balaban J connectivity index is 2.23. The van der Waals surface area contributed by atoms with Crippen molar-refractivity contribution in [3.8, 4) is 17.2 Å². The second-order valence-electron chi connectivity index (χ2n) is 7.64. The Kier molecular flexibility index (Phi) is 7.05. The fourth-order valence-electron chi connectivity index (χ4n) is 3.72. The molecule has 32 heavy (non-hydrogen) atoms. The number of methoxy groups -OCH3 is 3. The van der Waals surface area contributed by atoms with Crippen molar-refractivity contribution in [3.63, 3.8) is 0 Å². The second-order valence-corrected chi connectivity index (χ2v) is 7.64. The molecular formula is C24H28N2O6. The summed E-state index contributed by atoms with van der Waals surface area (Å²) < 4.78 is 16.0. The van der Waals surface area contributed by atoms with Gasteiger partial charge in [-0.25, -0.2) is 0 Å². The largest absolute Gasteiger partial charge is 0.507 e. The number of likely N-dealkylation sites (tertiary alicyclic amines) is 1. The van der Waals surface area contributed by atoms with Crippen LogP contribution in [0.5, 0.6) is 17.2 Å². The molecule has 8 nitrogen and oxygen atoms in total. The van der Waals surface area contributed by atoms with Crippen molar-refractivity contribution in [2.24, 2.45) is 0 Å². The molecule has 0 aromatic heterocycles. The van der Waals surface area contributed by atoms with Gasteiger partial charge in [0.15, 0.2) is 0 Å². The van der Waals surface area contributed by atoms with E-state index < -0.39 is 17.7 Å². The van der Waals surface area contributed by atoms with E-state index in [2.05, 4.69) is 0 Å². The molecule has 3 rings (SSSR count). The van der Waals surface area contributed by atoms with Gasteiger partial charge in [-0.1, -0.05) is 12.1 Å². The molecule has 1 atom stereocenters. The summed E-state index contributed by atoms with van der Waals surface area (Å²) in [5.41, 5.74) is 0.921. The van der Waals surface area contributed by atoms with Gasteiger partial charge >= 0.3 is 0 Å². The van der Waals surface area contributed by atoms with Crippen molar-refractivity contribution >= 4 is 17.4 Å². The Morgan fingerprint density at radius 3 is 2.31 bits per heavy atom. The zero-order valence-corrected chi connectivity index (χ0v) is 18.9. The van der Waals surface area contributed by atoms with Gasteiger partial charge in [-0.3, -0.25) is 9.59 Å². The Morgan fingerprint density at radius 1 is 1.00 bits per heavy atom. The minimum absolute atomic E-state index is 0.00596. The lowest BCUT2D eigenvalue weighted by Crippen LogP contribution is -2.35. The third kappa shape index (κ3) is 4.40. The predicted molar refractivity (Wildman–Crippen MR) is 120 cm³/mol. The smallest absolute Gasteiger partial charge is 0.295 e. The molecule has 1 aliphatic heterocycles. The number of aliphatic hydroxyl groups is 1. The number of carbonyl (C=O) groups excluding carboxylic acids is 2. The average Bonchev–Trinajstić information content (AvgIpc) is 3.06. The van der Waals surface area contributed by atoms with Gasteiger partial charge in [0.05, 0.1) is 38.5 Å². The summed E-state index contributed by atoms with van der Waals surface area (Å²) in [6.07, 6.45) is 0. The molecule has 1 heterocycles. The molecule has 1 aliphatic rings. The van der Waals surface area contributed by atoms with E-state index in [1.807, 2.05) is 19.0 Å². The lowest BCUT2D eigenvalue weighted by Gasteiger charge is -2.27. The Morgan fingerprint density at radius 2 is 1.69 bits per heavy atom. The average molecular weight is 440 g/mol. The number of hydrogen-bond acceptors (Lipinski definition) is 7. The van der Waals surface area contributed by atoms with E-state index in [-0.39, 0.29) is 16.9 Å². The highest BCUT2D eigenvalue weighted by molar-refractivity contribution is 6.46. The van der Waals surface area contributed by atoms with Crippen molar-refractivity contribution in [2.45, 2.75) is 6.04 Å². The first-order chi connectivity index (χ1) is 15.3. The van der Waals surface area contributed by atoms with Crippen LogP contribution in [0.25, 0.3) is 5.76 Å². The highest BCUT2D eigenvalue weighted by Gasteiger charge is 2.46. The molecule has 170 valence electrons. The highest BCUT2D eigenvalue weighted by Crippen LogP contribution is 2.42. The molecule has 0 aliphatic carbocycles. The summed E-state index contributed by atoms with van der Waals surface area (Å²) in [5.74, 6) is -0.319. The number of Topliss-reactive ketones (excluding diaryl/α,β-unsaturated/α-hetero) is 1. The normalized spacial score (nSPS) is 17.7. The Hall–Kier alpha value is -3.52. The van der Waals surface area contributed by atoms with Crippen LogP contribution in [0.1, 0.15) is 17.2 Å². The third-order valence-electron chi connectivity index (χ3n) is 5.40. The lowest BCUT2D eigenvalue weighted by atomic mass is 9.94. The molecule has 8 heteroatoms. The molecule has 0 radical (unpaired) electrons. The van der Waals surface area contributed by atoms with Gasteiger partial charge in [0, 0.05) is 13.1 Å². The highest BCUT2D eigenvalue weighted by atomic mass is 16.5. The molecular weight excluding hydrogens is 412 g/mol. The molecule has 0 bridgehead atoms. The van der Waals surface area contributed by atoms with Gasteiger partial charge in [-0.15, -0.1) is 0 Å². The summed E-state index contributed by atoms with van der Waals surface area (Å²) in [6.45, 7) is 0.863. The van der Waals surface area contributed by atoms with Crippen molar-refractivity contribution in [3.05, 3.63) is 59.2 Å². The number of amides is 1. The monoisotopic (exact) mass is 440 g/mol. The van der Waals surface area contributed by atoms with Crippen LogP contribution in [0.3, 0.4) is 0 Å². The quantitative estimate of drug-likeness (QED) is 0.384. The molecule has 2 aromatic carbocycles. The van der Waals surface area contributed by atoms with Gasteiger partial charge in [0.25, 0.3) is 11.7 Å². The number of benzene rings is 2.